The standard InChI is InChI=1S/C14H24N2O/c1-11-6-8-15-10-12(11)14(5,17)7-9-16-13(2,3)4/h6,8,10,16-17H,7,9H2,1-5H3. The summed E-state index contributed by atoms with van der Waals surface area (Å²) >= 11 is 0. The first kappa shape index (κ1) is 14.1. The average Bonchev–Trinajstić information content (AvgIpc) is 2.15. The lowest BCUT2D eigenvalue weighted by Gasteiger charge is -2.28. The maximum absolute atomic E-state index is 10.5. The molecule has 0 fully saturated rings. The van der Waals surface area contributed by atoms with Crippen LogP contribution in [0.15, 0.2) is 18.5 Å². The normalized spacial score (nSPS) is 15.6. The molecule has 0 saturated carbocycles. The molecule has 0 aromatic carbocycles. The third-order valence-corrected chi connectivity index (χ3v) is 2.89. The highest BCUT2D eigenvalue weighted by Crippen LogP contribution is 2.26. The van der Waals surface area contributed by atoms with Gasteiger partial charge in [-0.05, 0) is 59.2 Å². The second kappa shape index (κ2) is 5.15. The van der Waals surface area contributed by atoms with E-state index in [4.69, 9.17) is 0 Å². The predicted octanol–water partition coefficient (Wildman–Crippen LogP) is 2.38. The number of aryl methyl sites for hydroxylation is 1. The fraction of sp³-hybridized carbons (Fsp3) is 0.643. The van der Waals surface area contributed by atoms with Crippen molar-refractivity contribution in [2.45, 2.75) is 52.2 Å². The number of nitrogens with one attached hydrogen (secondary N) is 1. The third kappa shape index (κ3) is 4.44. The van der Waals surface area contributed by atoms with Gasteiger partial charge < -0.3 is 10.4 Å². The molecule has 1 rings (SSSR count). The van der Waals surface area contributed by atoms with Crippen molar-refractivity contribution in [2.24, 2.45) is 0 Å². The second-order valence-electron chi connectivity index (χ2n) is 5.89. The summed E-state index contributed by atoms with van der Waals surface area (Å²) in [6.07, 6.45) is 4.19. The van der Waals surface area contributed by atoms with Gasteiger partial charge in [0, 0.05) is 23.5 Å². The Labute approximate surface area is 104 Å². The zero-order valence-electron chi connectivity index (χ0n) is 11.5. The highest BCUT2D eigenvalue weighted by atomic mass is 16.3. The number of aliphatic hydroxyl groups is 1. The van der Waals surface area contributed by atoms with Gasteiger partial charge in [-0.1, -0.05) is 0 Å². The van der Waals surface area contributed by atoms with Crippen molar-refractivity contribution >= 4 is 0 Å². The molecule has 96 valence electrons. The lowest BCUT2D eigenvalue weighted by molar-refractivity contribution is 0.0454. The Kier molecular flexibility index (Phi) is 4.28. The van der Waals surface area contributed by atoms with Gasteiger partial charge in [0.1, 0.15) is 0 Å². The quantitative estimate of drug-likeness (QED) is 0.843. The van der Waals surface area contributed by atoms with Crippen molar-refractivity contribution in [2.75, 3.05) is 6.54 Å². The van der Waals surface area contributed by atoms with Gasteiger partial charge >= 0.3 is 0 Å². The van der Waals surface area contributed by atoms with Crippen molar-refractivity contribution < 1.29 is 5.11 Å². The largest absolute Gasteiger partial charge is 0.385 e. The molecule has 0 aliphatic heterocycles. The average molecular weight is 236 g/mol. The zero-order valence-corrected chi connectivity index (χ0v) is 11.5. The molecule has 3 nitrogen and oxygen atoms in total. The van der Waals surface area contributed by atoms with Gasteiger partial charge in [-0.2, -0.15) is 0 Å². The Morgan fingerprint density at radius 2 is 1.94 bits per heavy atom. The van der Waals surface area contributed by atoms with Crippen LogP contribution in [0, 0.1) is 6.92 Å². The van der Waals surface area contributed by atoms with Crippen LogP contribution in [0.2, 0.25) is 0 Å². The predicted molar refractivity (Wildman–Crippen MR) is 70.9 cm³/mol. The van der Waals surface area contributed by atoms with E-state index in [1.807, 2.05) is 19.9 Å². The van der Waals surface area contributed by atoms with Gasteiger partial charge in [-0.25, -0.2) is 0 Å². The Morgan fingerprint density at radius 3 is 2.47 bits per heavy atom. The van der Waals surface area contributed by atoms with Gasteiger partial charge in [0.15, 0.2) is 0 Å². The van der Waals surface area contributed by atoms with E-state index in [1.165, 1.54) is 0 Å². The minimum absolute atomic E-state index is 0.0834. The van der Waals surface area contributed by atoms with Crippen molar-refractivity contribution in [1.82, 2.24) is 10.3 Å². The molecule has 0 spiro atoms. The van der Waals surface area contributed by atoms with E-state index in [0.717, 1.165) is 17.7 Å². The van der Waals surface area contributed by atoms with Crippen LogP contribution in [0.5, 0.6) is 0 Å². The van der Waals surface area contributed by atoms with Crippen molar-refractivity contribution in [3.8, 4) is 0 Å². The molecule has 1 aromatic rings. The summed E-state index contributed by atoms with van der Waals surface area (Å²) in [6.45, 7) is 11.0. The van der Waals surface area contributed by atoms with Gasteiger partial charge in [-0.3, -0.25) is 4.98 Å². The summed E-state index contributed by atoms with van der Waals surface area (Å²) in [5.41, 5.74) is 1.26. The van der Waals surface area contributed by atoms with Crippen LogP contribution < -0.4 is 5.32 Å². The molecule has 1 unspecified atom stereocenters. The van der Waals surface area contributed by atoms with Crippen LogP contribution in [0.25, 0.3) is 0 Å². The first-order valence-electron chi connectivity index (χ1n) is 6.11. The monoisotopic (exact) mass is 236 g/mol. The van der Waals surface area contributed by atoms with Crippen LogP contribution in [-0.4, -0.2) is 22.2 Å². The zero-order chi connectivity index (χ0) is 13.1. The molecule has 0 amide bonds. The maximum atomic E-state index is 10.5. The van der Waals surface area contributed by atoms with Gasteiger partial charge in [-0.15, -0.1) is 0 Å². The van der Waals surface area contributed by atoms with Crippen LogP contribution in [-0.2, 0) is 5.60 Å². The lowest BCUT2D eigenvalue weighted by atomic mass is 9.90. The van der Waals surface area contributed by atoms with Crippen molar-refractivity contribution in [1.29, 1.82) is 0 Å². The van der Waals surface area contributed by atoms with Gasteiger partial charge in [0.05, 0.1) is 5.60 Å². The van der Waals surface area contributed by atoms with E-state index in [1.54, 1.807) is 12.4 Å². The Balaban J connectivity index is 2.66. The summed E-state index contributed by atoms with van der Waals surface area (Å²) in [5.74, 6) is 0. The summed E-state index contributed by atoms with van der Waals surface area (Å²) in [6, 6.07) is 1.93. The van der Waals surface area contributed by atoms with Crippen LogP contribution >= 0.6 is 0 Å². The molecule has 2 N–H and O–H groups in total. The van der Waals surface area contributed by atoms with Crippen LogP contribution in [0.1, 0.15) is 45.2 Å². The van der Waals surface area contributed by atoms with Crippen molar-refractivity contribution in [3.63, 3.8) is 0 Å². The smallest absolute Gasteiger partial charge is 0.0898 e. The van der Waals surface area contributed by atoms with Gasteiger partial charge in [0.25, 0.3) is 0 Å². The molecular weight excluding hydrogens is 212 g/mol. The second-order valence-corrected chi connectivity index (χ2v) is 5.89. The molecule has 0 aliphatic rings. The highest BCUT2D eigenvalue weighted by Gasteiger charge is 2.25. The Hall–Kier alpha value is -0.930. The fourth-order valence-corrected chi connectivity index (χ4v) is 1.84. The van der Waals surface area contributed by atoms with E-state index in [9.17, 15) is 5.11 Å². The molecular formula is C14H24N2O. The number of aromatic nitrogens is 1. The first-order chi connectivity index (χ1) is 7.72. The topological polar surface area (TPSA) is 45.2 Å². The lowest BCUT2D eigenvalue weighted by Crippen LogP contribution is -2.39. The molecule has 1 aromatic heterocycles. The number of pyridine rings is 1. The number of hydrogen-bond acceptors (Lipinski definition) is 3. The number of rotatable bonds is 4. The first-order valence-corrected chi connectivity index (χ1v) is 6.11. The molecule has 0 saturated heterocycles. The van der Waals surface area contributed by atoms with E-state index >= 15 is 0 Å². The van der Waals surface area contributed by atoms with E-state index in [2.05, 4.69) is 31.1 Å². The Morgan fingerprint density at radius 1 is 1.29 bits per heavy atom. The summed E-state index contributed by atoms with van der Waals surface area (Å²) in [4.78, 5) is 4.09. The van der Waals surface area contributed by atoms with Crippen molar-refractivity contribution in [3.05, 3.63) is 29.6 Å². The van der Waals surface area contributed by atoms with E-state index in [0.29, 0.717) is 6.42 Å². The minimum atomic E-state index is -0.823. The Bertz CT molecular complexity index is 367. The summed E-state index contributed by atoms with van der Waals surface area (Å²) < 4.78 is 0. The molecule has 1 heterocycles. The third-order valence-electron chi connectivity index (χ3n) is 2.89. The van der Waals surface area contributed by atoms with E-state index in [-0.39, 0.29) is 5.54 Å². The van der Waals surface area contributed by atoms with Gasteiger partial charge in [0.2, 0.25) is 0 Å². The number of hydrogen-bond donors (Lipinski definition) is 2. The number of nitrogens with zero attached hydrogens (tertiary/aromatic N) is 1. The molecule has 0 bridgehead atoms. The summed E-state index contributed by atoms with van der Waals surface area (Å²) in [5, 5.41) is 13.9. The molecule has 3 heteroatoms. The van der Waals surface area contributed by atoms with E-state index < -0.39 is 5.60 Å². The van der Waals surface area contributed by atoms with Crippen LogP contribution in [0.4, 0.5) is 0 Å². The molecule has 0 aliphatic carbocycles. The maximum Gasteiger partial charge on any atom is 0.0898 e. The molecule has 17 heavy (non-hydrogen) atoms. The fourth-order valence-electron chi connectivity index (χ4n) is 1.84. The highest BCUT2D eigenvalue weighted by molar-refractivity contribution is 5.27. The minimum Gasteiger partial charge on any atom is -0.385 e. The molecule has 1 atom stereocenters. The summed E-state index contributed by atoms with van der Waals surface area (Å²) in [7, 11) is 0. The van der Waals surface area contributed by atoms with Crippen LogP contribution in [0.3, 0.4) is 0 Å². The SMILES string of the molecule is Cc1ccncc1C(C)(O)CCNC(C)(C)C. The molecule has 0 radical (unpaired) electrons.